The van der Waals surface area contributed by atoms with Crippen LogP contribution in [0.2, 0.25) is 5.02 Å². The number of nitrogens with one attached hydrogen (secondary N) is 1. The lowest BCUT2D eigenvalue weighted by atomic mass is 9.98. The topological polar surface area (TPSA) is 51.2 Å². The van der Waals surface area contributed by atoms with Crippen molar-refractivity contribution in [3.05, 3.63) is 63.5 Å². The zero-order valence-corrected chi connectivity index (χ0v) is 16.4. The summed E-state index contributed by atoms with van der Waals surface area (Å²) in [5.74, 6) is 0.341. The van der Waals surface area contributed by atoms with Crippen molar-refractivity contribution in [1.29, 1.82) is 0 Å². The molecule has 1 heterocycles. The molecule has 0 aliphatic carbocycles. The number of nitrogens with zero attached hydrogens (tertiary/aromatic N) is 1. The molecule has 3 aromatic rings. The minimum atomic E-state index is -0.252. The van der Waals surface area contributed by atoms with Crippen LogP contribution in [0.25, 0.3) is 11.3 Å². The fraction of sp³-hybridized carbons (Fsp3) is 0.200. The average molecular weight is 387 g/mol. The lowest BCUT2D eigenvalue weighted by Crippen LogP contribution is -2.20. The second kappa shape index (κ2) is 7.89. The normalized spacial score (nSPS) is 10.6. The fourth-order valence-electron chi connectivity index (χ4n) is 2.87. The van der Waals surface area contributed by atoms with Gasteiger partial charge in [0.05, 0.1) is 5.69 Å². The van der Waals surface area contributed by atoms with Crippen molar-refractivity contribution < 1.29 is 9.53 Å². The molecule has 0 unspecified atom stereocenters. The smallest absolute Gasteiger partial charge is 0.264 e. The number of amides is 1. The molecule has 0 bridgehead atoms. The molecule has 6 heteroatoms. The molecule has 4 nitrogen and oxygen atoms in total. The SMILES string of the molecule is Cc1cc(C)c(-c2csc(NC(=O)COc3ccc(Cl)cc3)n2)c(C)c1. The van der Waals surface area contributed by atoms with Crippen LogP contribution < -0.4 is 10.1 Å². The standard InChI is InChI=1S/C20H19ClN2O2S/c1-12-8-13(2)19(14(3)9-12)17-11-26-20(22-17)23-18(24)10-25-16-6-4-15(21)5-7-16/h4-9,11H,10H2,1-3H3,(H,22,23,24). The van der Waals surface area contributed by atoms with Gasteiger partial charge in [-0.05, 0) is 56.2 Å². The third-order valence-corrected chi connectivity index (χ3v) is 4.88. The van der Waals surface area contributed by atoms with E-state index in [1.54, 1.807) is 24.3 Å². The van der Waals surface area contributed by atoms with E-state index in [1.807, 2.05) is 5.38 Å². The lowest BCUT2D eigenvalue weighted by molar-refractivity contribution is -0.118. The maximum Gasteiger partial charge on any atom is 0.264 e. The maximum atomic E-state index is 12.1. The first kappa shape index (κ1) is 18.4. The third-order valence-electron chi connectivity index (χ3n) is 3.87. The van der Waals surface area contributed by atoms with Crippen LogP contribution in [0.3, 0.4) is 0 Å². The predicted molar refractivity (Wildman–Crippen MR) is 107 cm³/mol. The first-order valence-electron chi connectivity index (χ1n) is 8.14. The summed E-state index contributed by atoms with van der Waals surface area (Å²) >= 11 is 7.23. The number of rotatable bonds is 5. The molecule has 0 saturated carbocycles. The first-order valence-corrected chi connectivity index (χ1v) is 9.40. The fourth-order valence-corrected chi connectivity index (χ4v) is 3.71. The molecule has 26 heavy (non-hydrogen) atoms. The molecule has 2 aromatic carbocycles. The number of hydrogen-bond donors (Lipinski definition) is 1. The number of aryl methyl sites for hydroxylation is 3. The largest absolute Gasteiger partial charge is 0.484 e. The van der Waals surface area contributed by atoms with E-state index in [-0.39, 0.29) is 12.5 Å². The van der Waals surface area contributed by atoms with Gasteiger partial charge < -0.3 is 4.74 Å². The number of aromatic nitrogens is 1. The van der Waals surface area contributed by atoms with Crippen LogP contribution in [0.1, 0.15) is 16.7 Å². The predicted octanol–water partition coefficient (Wildman–Crippen LogP) is 5.41. The minimum Gasteiger partial charge on any atom is -0.484 e. The molecule has 1 amide bonds. The zero-order chi connectivity index (χ0) is 18.7. The highest BCUT2D eigenvalue weighted by Crippen LogP contribution is 2.31. The van der Waals surface area contributed by atoms with Crippen molar-refractivity contribution in [3.8, 4) is 17.0 Å². The third kappa shape index (κ3) is 4.42. The molecule has 1 aromatic heterocycles. The van der Waals surface area contributed by atoms with E-state index in [2.05, 4.69) is 43.2 Å². The van der Waals surface area contributed by atoms with Crippen molar-refractivity contribution >= 4 is 34.0 Å². The lowest BCUT2D eigenvalue weighted by Gasteiger charge is -2.09. The monoisotopic (exact) mass is 386 g/mol. The van der Waals surface area contributed by atoms with Gasteiger partial charge in [0.1, 0.15) is 5.75 Å². The van der Waals surface area contributed by atoms with E-state index in [0.29, 0.717) is 15.9 Å². The molecule has 0 fully saturated rings. The van der Waals surface area contributed by atoms with Crippen LogP contribution in [0.15, 0.2) is 41.8 Å². The molecule has 134 valence electrons. The summed E-state index contributed by atoms with van der Waals surface area (Å²) in [5, 5.41) is 5.92. The number of ether oxygens (including phenoxy) is 1. The van der Waals surface area contributed by atoms with Gasteiger partial charge in [0.2, 0.25) is 0 Å². The number of carbonyl (C=O) groups excluding carboxylic acids is 1. The van der Waals surface area contributed by atoms with E-state index < -0.39 is 0 Å². The van der Waals surface area contributed by atoms with Crippen LogP contribution in [0.4, 0.5) is 5.13 Å². The van der Waals surface area contributed by atoms with E-state index >= 15 is 0 Å². The van der Waals surface area contributed by atoms with E-state index in [9.17, 15) is 4.79 Å². The minimum absolute atomic E-state index is 0.0842. The first-order chi connectivity index (χ1) is 12.4. The second-order valence-corrected chi connectivity index (χ2v) is 7.40. The Morgan fingerprint density at radius 1 is 1.15 bits per heavy atom. The summed E-state index contributed by atoms with van der Waals surface area (Å²) in [6.07, 6.45) is 0. The second-order valence-electron chi connectivity index (χ2n) is 6.10. The molecule has 0 spiro atoms. The van der Waals surface area contributed by atoms with Crippen molar-refractivity contribution in [1.82, 2.24) is 4.98 Å². The Morgan fingerprint density at radius 2 is 1.81 bits per heavy atom. The Bertz CT molecular complexity index is 912. The molecule has 0 aliphatic rings. The number of carbonyl (C=O) groups is 1. The van der Waals surface area contributed by atoms with Crippen molar-refractivity contribution in [2.24, 2.45) is 0 Å². The highest BCUT2D eigenvalue weighted by atomic mass is 35.5. The Hall–Kier alpha value is -2.37. The zero-order valence-electron chi connectivity index (χ0n) is 14.8. The van der Waals surface area contributed by atoms with Gasteiger partial charge in [-0.25, -0.2) is 4.98 Å². The van der Waals surface area contributed by atoms with Crippen LogP contribution in [0.5, 0.6) is 5.75 Å². The molecule has 0 saturated heterocycles. The number of anilines is 1. The van der Waals surface area contributed by atoms with Crippen LogP contribution in [0, 0.1) is 20.8 Å². The number of thiazole rings is 1. The molecule has 3 rings (SSSR count). The Kier molecular flexibility index (Phi) is 5.59. The van der Waals surface area contributed by atoms with Gasteiger partial charge in [0.15, 0.2) is 11.7 Å². The molecule has 0 radical (unpaired) electrons. The Labute approximate surface area is 161 Å². The highest BCUT2D eigenvalue weighted by molar-refractivity contribution is 7.14. The summed E-state index contributed by atoms with van der Waals surface area (Å²) in [6, 6.07) is 11.2. The van der Waals surface area contributed by atoms with Gasteiger partial charge >= 0.3 is 0 Å². The van der Waals surface area contributed by atoms with Gasteiger partial charge in [-0.3, -0.25) is 10.1 Å². The highest BCUT2D eigenvalue weighted by Gasteiger charge is 2.12. The van der Waals surface area contributed by atoms with Gasteiger partial charge in [-0.15, -0.1) is 11.3 Å². The average Bonchev–Trinajstić information content (AvgIpc) is 3.01. The molecular weight excluding hydrogens is 368 g/mol. The molecular formula is C20H19ClN2O2S. The molecule has 0 aliphatic heterocycles. The number of benzene rings is 2. The number of hydrogen-bond acceptors (Lipinski definition) is 4. The van der Waals surface area contributed by atoms with Crippen molar-refractivity contribution in [3.63, 3.8) is 0 Å². The van der Waals surface area contributed by atoms with Crippen molar-refractivity contribution in [2.45, 2.75) is 20.8 Å². The summed E-state index contributed by atoms with van der Waals surface area (Å²) < 4.78 is 5.44. The van der Waals surface area contributed by atoms with Gasteiger partial charge in [-0.1, -0.05) is 29.3 Å². The molecule has 1 N–H and O–H groups in total. The van der Waals surface area contributed by atoms with E-state index in [0.717, 1.165) is 11.3 Å². The maximum absolute atomic E-state index is 12.1. The van der Waals surface area contributed by atoms with Crippen LogP contribution >= 0.6 is 22.9 Å². The van der Waals surface area contributed by atoms with Crippen molar-refractivity contribution in [2.75, 3.05) is 11.9 Å². The van der Waals surface area contributed by atoms with E-state index in [4.69, 9.17) is 16.3 Å². The van der Waals surface area contributed by atoms with E-state index in [1.165, 1.54) is 28.0 Å². The summed E-state index contributed by atoms with van der Waals surface area (Å²) in [7, 11) is 0. The summed E-state index contributed by atoms with van der Waals surface area (Å²) in [4.78, 5) is 16.6. The van der Waals surface area contributed by atoms with Crippen LogP contribution in [-0.4, -0.2) is 17.5 Å². The summed E-state index contributed by atoms with van der Waals surface area (Å²) in [6.45, 7) is 6.15. The summed E-state index contributed by atoms with van der Waals surface area (Å²) in [5.41, 5.74) is 5.57. The number of halogens is 1. The van der Waals surface area contributed by atoms with Gasteiger partial charge in [0.25, 0.3) is 5.91 Å². The molecule has 0 atom stereocenters. The quantitative estimate of drug-likeness (QED) is 0.638. The van der Waals surface area contributed by atoms with Crippen LogP contribution in [-0.2, 0) is 4.79 Å². The Balaban J connectivity index is 1.65. The van der Waals surface area contributed by atoms with Gasteiger partial charge in [0, 0.05) is 16.0 Å². The van der Waals surface area contributed by atoms with Gasteiger partial charge in [-0.2, -0.15) is 0 Å². The Morgan fingerprint density at radius 3 is 2.46 bits per heavy atom.